The van der Waals surface area contributed by atoms with Gasteiger partial charge in [0.1, 0.15) is 11.9 Å². The maximum absolute atomic E-state index is 12.5. The predicted molar refractivity (Wildman–Crippen MR) is 148 cm³/mol. The zero-order valence-corrected chi connectivity index (χ0v) is 22.1. The van der Waals surface area contributed by atoms with Gasteiger partial charge in [0.2, 0.25) is 5.88 Å². The van der Waals surface area contributed by atoms with E-state index in [2.05, 4.69) is 39.1 Å². The monoisotopic (exact) mass is 544 g/mol. The first kappa shape index (κ1) is 26.0. The summed E-state index contributed by atoms with van der Waals surface area (Å²) in [6, 6.07) is 17.5. The lowest BCUT2D eigenvalue weighted by molar-refractivity contribution is -0.118. The van der Waals surface area contributed by atoms with Gasteiger partial charge in [-0.3, -0.25) is 9.69 Å². The summed E-state index contributed by atoms with van der Waals surface area (Å²) in [5.74, 6) is 2.12. The number of aromatic nitrogens is 2. The fourth-order valence-electron chi connectivity index (χ4n) is 5.02. The van der Waals surface area contributed by atoms with Crippen LogP contribution >= 0.6 is 0 Å². The van der Waals surface area contributed by atoms with E-state index in [4.69, 9.17) is 19.2 Å². The Hall–Kier alpha value is -4.22. The van der Waals surface area contributed by atoms with Crippen molar-refractivity contribution in [1.82, 2.24) is 20.6 Å². The molecule has 3 aromatic rings. The summed E-state index contributed by atoms with van der Waals surface area (Å²) < 4.78 is 16.8. The maximum atomic E-state index is 12.5. The van der Waals surface area contributed by atoms with Gasteiger partial charge in [-0.2, -0.15) is 0 Å². The molecule has 11 heteroatoms. The van der Waals surface area contributed by atoms with E-state index in [0.717, 1.165) is 36.3 Å². The quantitative estimate of drug-likeness (QED) is 0.330. The first-order chi connectivity index (χ1) is 19.6. The van der Waals surface area contributed by atoms with Gasteiger partial charge in [0, 0.05) is 30.6 Å². The number of nitrogens with one attached hydrogen (secondary N) is 3. The second kappa shape index (κ2) is 11.9. The minimum absolute atomic E-state index is 0.0449. The Labute approximate surface area is 232 Å². The van der Waals surface area contributed by atoms with Crippen LogP contribution in [0.25, 0.3) is 11.3 Å². The van der Waals surface area contributed by atoms with Crippen molar-refractivity contribution in [1.29, 1.82) is 0 Å². The molecule has 0 bridgehead atoms. The first-order valence-electron chi connectivity index (χ1n) is 13.6. The molecule has 2 amide bonds. The highest BCUT2D eigenvalue weighted by molar-refractivity contribution is 5.95. The Bertz CT molecular complexity index is 1380. The fraction of sp³-hybridized carbons (Fsp3) is 0.379. The van der Waals surface area contributed by atoms with Crippen molar-refractivity contribution < 1.29 is 23.8 Å². The van der Waals surface area contributed by atoms with E-state index in [9.17, 15) is 9.59 Å². The second-order valence-electron chi connectivity index (χ2n) is 10.2. The maximum Gasteiger partial charge on any atom is 0.415 e. The van der Waals surface area contributed by atoms with E-state index in [0.29, 0.717) is 61.8 Å². The lowest BCUT2D eigenvalue weighted by Gasteiger charge is -2.19. The number of benzene rings is 1. The van der Waals surface area contributed by atoms with Crippen LogP contribution in [0.4, 0.5) is 16.4 Å². The number of pyridine rings is 2. The van der Waals surface area contributed by atoms with E-state index < -0.39 is 6.09 Å². The number of hydrogen-bond acceptors (Lipinski definition) is 9. The molecule has 0 spiro atoms. The summed E-state index contributed by atoms with van der Waals surface area (Å²) in [4.78, 5) is 34.6. The van der Waals surface area contributed by atoms with E-state index >= 15 is 0 Å². The van der Waals surface area contributed by atoms with Crippen molar-refractivity contribution in [3.05, 3.63) is 60.2 Å². The van der Waals surface area contributed by atoms with Crippen LogP contribution < -0.4 is 30.3 Å². The van der Waals surface area contributed by atoms with E-state index in [1.807, 2.05) is 24.3 Å². The Morgan fingerprint density at radius 2 is 2.02 bits per heavy atom. The average molecular weight is 545 g/mol. The van der Waals surface area contributed by atoms with Gasteiger partial charge < -0.3 is 30.2 Å². The van der Waals surface area contributed by atoms with E-state index in [1.54, 1.807) is 12.1 Å². The molecule has 3 aliphatic heterocycles. The van der Waals surface area contributed by atoms with Gasteiger partial charge in [-0.15, -0.1) is 0 Å². The van der Waals surface area contributed by atoms with Gasteiger partial charge in [0.15, 0.2) is 18.2 Å². The molecule has 2 atom stereocenters. The number of anilines is 2. The molecule has 2 aromatic heterocycles. The minimum Gasteiger partial charge on any atom is -0.480 e. The number of cyclic esters (lactones) is 1. The van der Waals surface area contributed by atoms with Crippen molar-refractivity contribution in [2.75, 3.05) is 49.6 Å². The van der Waals surface area contributed by atoms with Crippen LogP contribution in [-0.2, 0) is 16.1 Å². The van der Waals surface area contributed by atoms with Crippen LogP contribution in [0, 0.1) is 5.92 Å². The average Bonchev–Trinajstić information content (AvgIpc) is 3.64. The van der Waals surface area contributed by atoms with Gasteiger partial charge in [0.25, 0.3) is 5.91 Å². The third kappa shape index (κ3) is 6.16. The molecule has 2 saturated heterocycles. The fourth-order valence-corrected chi connectivity index (χ4v) is 5.02. The Morgan fingerprint density at radius 1 is 1.10 bits per heavy atom. The van der Waals surface area contributed by atoms with Crippen LogP contribution in [-0.4, -0.2) is 67.5 Å². The molecule has 208 valence electrons. The summed E-state index contributed by atoms with van der Waals surface area (Å²) in [7, 11) is 0. The molecule has 5 heterocycles. The van der Waals surface area contributed by atoms with Crippen molar-refractivity contribution in [3.8, 4) is 22.9 Å². The summed E-state index contributed by atoms with van der Waals surface area (Å²) in [6.07, 6.45) is 1.08. The lowest BCUT2D eigenvalue weighted by Crippen LogP contribution is -2.29. The highest BCUT2D eigenvalue weighted by Crippen LogP contribution is 2.30. The number of rotatable bonds is 10. The molecular weight excluding hydrogens is 512 g/mol. The molecule has 1 aromatic carbocycles. The smallest absolute Gasteiger partial charge is 0.415 e. The molecule has 0 unspecified atom stereocenters. The number of amides is 2. The third-order valence-corrected chi connectivity index (χ3v) is 7.16. The minimum atomic E-state index is -0.452. The van der Waals surface area contributed by atoms with Gasteiger partial charge >= 0.3 is 6.09 Å². The topological polar surface area (TPSA) is 127 Å². The van der Waals surface area contributed by atoms with E-state index in [1.165, 1.54) is 4.90 Å². The van der Waals surface area contributed by atoms with Gasteiger partial charge in [-0.25, -0.2) is 14.8 Å². The van der Waals surface area contributed by atoms with Crippen LogP contribution in [0.5, 0.6) is 11.6 Å². The van der Waals surface area contributed by atoms with Gasteiger partial charge in [-0.1, -0.05) is 24.3 Å². The molecule has 0 aliphatic carbocycles. The summed E-state index contributed by atoms with van der Waals surface area (Å²) in [5.41, 5.74) is 3.05. The normalized spacial score (nSPS) is 20.1. The zero-order chi connectivity index (χ0) is 27.3. The molecule has 3 aliphatic rings. The number of fused-ring (bicyclic) bond motifs is 1. The van der Waals surface area contributed by atoms with Crippen LogP contribution in [0.1, 0.15) is 18.4 Å². The molecule has 3 N–H and O–H groups in total. The number of ether oxygens (including phenoxy) is 3. The van der Waals surface area contributed by atoms with E-state index in [-0.39, 0.29) is 18.6 Å². The molecule has 11 nitrogen and oxygen atoms in total. The molecule has 2 fully saturated rings. The van der Waals surface area contributed by atoms with Gasteiger partial charge in [-0.05, 0) is 55.8 Å². The predicted octanol–water partition coefficient (Wildman–Crippen LogP) is 2.97. The third-order valence-electron chi connectivity index (χ3n) is 7.16. The van der Waals surface area contributed by atoms with Crippen molar-refractivity contribution in [2.45, 2.75) is 25.5 Å². The summed E-state index contributed by atoms with van der Waals surface area (Å²) in [6.45, 7) is 4.42. The Balaban J connectivity index is 0.986. The zero-order valence-electron chi connectivity index (χ0n) is 22.1. The highest BCUT2D eigenvalue weighted by atomic mass is 16.6. The summed E-state index contributed by atoms with van der Waals surface area (Å²) >= 11 is 0. The largest absolute Gasteiger partial charge is 0.480 e. The standard InChI is InChI=1S/C29H32N6O5/c36-26-18-38-24-7-8-25(33-28(24)34-26)35-16-22(40-29(35)37)10-12-31-14-19-3-1-4-21(13-19)23-5-2-6-27(32-23)39-17-20-9-11-30-15-20/h1-8,13,20,22,30-31H,9-12,14-18H2,(H,33,34,36)/t20-,22+/m1/s1. The van der Waals surface area contributed by atoms with Crippen molar-refractivity contribution in [2.24, 2.45) is 5.92 Å². The molecule has 40 heavy (non-hydrogen) atoms. The Kier molecular flexibility index (Phi) is 7.73. The molecular formula is C29H32N6O5. The Morgan fingerprint density at radius 3 is 2.92 bits per heavy atom. The lowest BCUT2D eigenvalue weighted by atomic mass is 10.1. The summed E-state index contributed by atoms with van der Waals surface area (Å²) in [5, 5.41) is 9.47. The van der Waals surface area contributed by atoms with Gasteiger partial charge in [0.05, 0.1) is 18.8 Å². The van der Waals surface area contributed by atoms with Crippen molar-refractivity contribution in [3.63, 3.8) is 0 Å². The molecule has 0 radical (unpaired) electrons. The number of carbonyl (C=O) groups excluding carboxylic acids is 2. The molecule has 0 saturated carbocycles. The number of nitrogens with zero attached hydrogens (tertiary/aromatic N) is 3. The SMILES string of the molecule is O=C1COc2ccc(N3C[C@H](CCNCc4cccc(-c5cccc(OC[C@@H]6CCNC6)n5)c4)OC3=O)nc2N1. The number of carbonyl (C=O) groups is 2. The molecule has 6 rings (SSSR count). The second-order valence-corrected chi connectivity index (χ2v) is 10.2. The van der Waals surface area contributed by atoms with Crippen LogP contribution in [0.15, 0.2) is 54.6 Å². The highest BCUT2D eigenvalue weighted by Gasteiger charge is 2.33. The van der Waals surface area contributed by atoms with Crippen LogP contribution in [0.2, 0.25) is 0 Å². The first-order valence-corrected chi connectivity index (χ1v) is 13.6. The van der Waals surface area contributed by atoms with Crippen LogP contribution in [0.3, 0.4) is 0 Å². The van der Waals surface area contributed by atoms with Crippen molar-refractivity contribution >= 4 is 23.6 Å². The number of hydrogen-bond donors (Lipinski definition) is 3.